The quantitative estimate of drug-likeness (QED) is 0.512. The molecule has 7 heteroatoms. The van der Waals surface area contributed by atoms with Crippen molar-refractivity contribution in [2.75, 3.05) is 11.9 Å². The van der Waals surface area contributed by atoms with Crippen molar-refractivity contribution in [1.82, 2.24) is 0 Å². The van der Waals surface area contributed by atoms with Gasteiger partial charge in [-0.15, -0.1) is 22.7 Å². The van der Waals surface area contributed by atoms with Gasteiger partial charge in [-0.1, -0.05) is 12.1 Å². The molecule has 0 fully saturated rings. The molecule has 0 saturated carbocycles. The van der Waals surface area contributed by atoms with E-state index >= 15 is 0 Å². The van der Waals surface area contributed by atoms with Gasteiger partial charge in [0.05, 0.1) is 17.2 Å². The maximum Gasteiger partial charge on any atom is 0.350 e. The zero-order valence-corrected chi connectivity index (χ0v) is 17.6. The van der Waals surface area contributed by atoms with E-state index in [1.165, 1.54) is 45.2 Å². The minimum Gasteiger partial charge on any atom is -0.462 e. The molecule has 0 radical (unpaired) electrons. The Balaban J connectivity index is 1.64. The van der Waals surface area contributed by atoms with Crippen LogP contribution >= 0.6 is 22.7 Å². The number of aryl methyl sites for hydroxylation is 2. The van der Waals surface area contributed by atoms with Gasteiger partial charge in [0.1, 0.15) is 10.7 Å². The third-order valence-electron chi connectivity index (χ3n) is 4.79. The molecule has 1 aliphatic carbocycles. The number of carbonyl (C=O) groups is 2. The van der Waals surface area contributed by atoms with Crippen LogP contribution in [0.3, 0.4) is 0 Å². The summed E-state index contributed by atoms with van der Waals surface area (Å²) < 4.78 is 18.4. The first-order valence-corrected chi connectivity index (χ1v) is 11.2. The van der Waals surface area contributed by atoms with Crippen LogP contribution in [0.2, 0.25) is 0 Å². The molecule has 3 aromatic rings. The number of carbonyl (C=O) groups excluding carboxylic acids is 2. The lowest BCUT2D eigenvalue weighted by atomic mass is 9.99. The van der Waals surface area contributed by atoms with Crippen molar-refractivity contribution in [2.24, 2.45) is 0 Å². The van der Waals surface area contributed by atoms with Crippen LogP contribution in [0.1, 0.15) is 49.5 Å². The number of ether oxygens (including phenoxy) is 1. The summed E-state index contributed by atoms with van der Waals surface area (Å²) in [7, 11) is 0. The standard InChI is InChI=1S/C22H20FNO3S2/c1-2-27-22(26)20-16(12-18(29-20)13-7-9-15(23)10-8-13)24-21(25)19-11-14-5-3-4-6-17(14)28-19/h7-12H,2-6H2,1H3,(H,24,25). The van der Waals surface area contributed by atoms with E-state index in [4.69, 9.17) is 4.74 Å². The second-order valence-corrected chi connectivity index (χ2v) is 8.99. The van der Waals surface area contributed by atoms with Crippen molar-refractivity contribution >= 4 is 40.2 Å². The highest BCUT2D eigenvalue weighted by molar-refractivity contribution is 7.18. The summed E-state index contributed by atoms with van der Waals surface area (Å²) in [6.07, 6.45) is 4.35. The van der Waals surface area contributed by atoms with Crippen LogP contribution in [-0.2, 0) is 17.6 Å². The van der Waals surface area contributed by atoms with E-state index in [0.29, 0.717) is 15.4 Å². The van der Waals surface area contributed by atoms with Crippen molar-refractivity contribution in [2.45, 2.75) is 32.6 Å². The van der Waals surface area contributed by atoms with Gasteiger partial charge in [0.15, 0.2) is 0 Å². The van der Waals surface area contributed by atoms with Crippen LogP contribution < -0.4 is 5.32 Å². The highest BCUT2D eigenvalue weighted by Gasteiger charge is 2.22. The molecule has 0 atom stereocenters. The highest BCUT2D eigenvalue weighted by atomic mass is 32.1. The molecule has 1 N–H and O–H groups in total. The molecule has 1 aromatic carbocycles. The van der Waals surface area contributed by atoms with Crippen molar-refractivity contribution in [3.05, 3.63) is 62.4 Å². The van der Waals surface area contributed by atoms with Crippen molar-refractivity contribution in [3.8, 4) is 10.4 Å². The summed E-state index contributed by atoms with van der Waals surface area (Å²) in [4.78, 5) is 28.3. The number of hydrogen-bond acceptors (Lipinski definition) is 5. The number of benzene rings is 1. The summed E-state index contributed by atoms with van der Waals surface area (Å²) >= 11 is 2.75. The van der Waals surface area contributed by atoms with E-state index in [2.05, 4.69) is 5.32 Å². The summed E-state index contributed by atoms with van der Waals surface area (Å²) in [5, 5.41) is 2.88. The molecule has 150 valence electrons. The molecule has 0 unspecified atom stereocenters. The third-order valence-corrected chi connectivity index (χ3v) is 7.19. The minimum absolute atomic E-state index is 0.224. The molecule has 0 bridgehead atoms. The number of hydrogen-bond donors (Lipinski definition) is 1. The van der Waals surface area contributed by atoms with Gasteiger partial charge in [0.25, 0.3) is 5.91 Å². The molecular formula is C22H20FNO3S2. The first kappa shape index (κ1) is 19.8. The molecule has 0 spiro atoms. The van der Waals surface area contributed by atoms with E-state index < -0.39 is 5.97 Å². The van der Waals surface area contributed by atoms with Crippen LogP contribution in [0.15, 0.2) is 36.4 Å². The second kappa shape index (κ2) is 8.47. The molecule has 2 aromatic heterocycles. The molecule has 0 aliphatic heterocycles. The number of amides is 1. The SMILES string of the molecule is CCOC(=O)c1sc(-c2ccc(F)cc2)cc1NC(=O)c1cc2c(s1)CCCC2. The van der Waals surface area contributed by atoms with Gasteiger partial charge < -0.3 is 10.1 Å². The van der Waals surface area contributed by atoms with Crippen LogP contribution in [0, 0.1) is 5.82 Å². The van der Waals surface area contributed by atoms with Gasteiger partial charge in [0, 0.05) is 9.75 Å². The predicted octanol–water partition coefficient (Wildman–Crippen LogP) is 5.92. The Kier molecular flexibility index (Phi) is 5.78. The Bertz CT molecular complexity index is 1030. The Morgan fingerprint density at radius 3 is 2.59 bits per heavy atom. The van der Waals surface area contributed by atoms with Gasteiger partial charge in [-0.2, -0.15) is 0 Å². The van der Waals surface area contributed by atoms with Crippen LogP contribution in [-0.4, -0.2) is 18.5 Å². The van der Waals surface area contributed by atoms with Crippen LogP contribution in [0.4, 0.5) is 10.1 Å². The molecule has 1 aliphatic rings. The molecule has 4 nitrogen and oxygen atoms in total. The fourth-order valence-electron chi connectivity index (χ4n) is 3.38. The number of nitrogens with one attached hydrogen (secondary N) is 1. The van der Waals surface area contributed by atoms with Gasteiger partial charge in [-0.05, 0) is 68.0 Å². The highest BCUT2D eigenvalue weighted by Crippen LogP contribution is 2.36. The first-order chi connectivity index (χ1) is 14.0. The number of anilines is 1. The largest absolute Gasteiger partial charge is 0.462 e. The van der Waals surface area contributed by atoms with Gasteiger partial charge in [-0.3, -0.25) is 4.79 Å². The molecule has 0 saturated heterocycles. The first-order valence-electron chi connectivity index (χ1n) is 9.55. The number of halogens is 1. The van der Waals surface area contributed by atoms with Gasteiger partial charge in [0.2, 0.25) is 0 Å². The monoisotopic (exact) mass is 429 g/mol. The normalized spacial score (nSPS) is 13.0. The van der Waals surface area contributed by atoms with Crippen molar-refractivity contribution < 1.29 is 18.7 Å². The Morgan fingerprint density at radius 1 is 1.10 bits per heavy atom. The summed E-state index contributed by atoms with van der Waals surface area (Å²) in [5.41, 5.74) is 2.45. The number of esters is 1. The molecule has 4 rings (SSSR count). The third kappa shape index (κ3) is 4.26. The molecule has 2 heterocycles. The second-order valence-electron chi connectivity index (χ2n) is 6.80. The zero-order chi connectivity index (χ0) is 20.4. The molecular weight excluding hydrogens is 409 g/mol. The average molecular weight is 430 g/mol. The number of rotatable bonds is 5. The average Bonchev–Trinajstić information content (AvgIpc) is 3.33. The fourth-order valence-corrected chi connectivity index (χ4v) is 5.54. The summed E-state index contributed by atoms with van der Waals surface area (Å²) in [6, 6.07) is 9.74. The Labute approximate surface area is 176 Å². The van der Waals surface area contributed by atoms with E-state index in [1.807, 2.05) is 6.07 Å². The topological polar surface area (TPSA) is 55.4 Å². The minimum atomic E-state index is -0.480. The van der Waals surface area contributed by atoms with Gasteiger partial charge >= 0.3 is 5.97 Å². The number of thiophene rings is 2. The van der Waals surface area contributed by atoms with E-state index in [1.54, 1.807) is 25.1 Å². The van der Waals surface area contributed by atoms with Crippen molar-refractivity contribution in [1.29, 1.82) is 0 Å². The summed E-state index contributed by atoms with van der Waals surface area (Å²) in [5.74, 6) is -1.03. The Morgan fingerprint density at radius 2 is 1.86 bits per heavy atom. The number of fused-ring (bicyclic) bond motifs is 1. The fraction of sp³-hybridized carbons (Fsp3) is 0.273. The lowest BCUT2D eigenvalue weighted by Crippen LogP contribution is -2.13. The van der Waals surface area contributed by atoms with Crippen molar-refractivity contribution in [3.63, 3.8) is 0 Å². The zero-order valence-electron chi connectivity index (χ0n) is 15.9. The van der Waals surface area contributed by atoms with E-state index in [0.717, 1.165) is 36.1 Å². The molecule has 29 heavy (non-hydrogen) atoms. The van der Waals surface area contributed by atoms with Gasteiger partial charge in [-0.25, -0.2) is 9.18 Å². The lowest BCUT2D eigenvalue weighted by Gasteiger charge is -2.08. The predicted molar refractivity (Wildman–Crippen MR) is 115 cm³/mol. The molecule has 1 amide bonds. The van der Waals surface area contributed by atoms with E-state index in [-0.39, 0.29) is 18.3 Å². The lowest BCUT2D eigenvalue weighted by molar-refractivity contribution is 0.0533. The maximum atomic E-state index is 13.2. The maximum absolute atomic E-state index is 13.2. The van der Waals surface area contributed by atoms with Crippen LogP contribution in [0.25, 0.3) is 10.4 Å². The van der Waals surface area contributed by atoms with Crippen LogP contribution in [0.5, 0.6) is 0 Å². The summed E-state index contributed by atoms with van der Waals surface area (Å²) in [6.45, 7) is 1.98. The smallest absolute Gasteiger partial charge is 0.350 e. The van der Waals surface area contributed by atoms with E-state index in [9.17, 15) is 14.0 Å². The Hall–Kier alpha value is -2.51.